The molecule has 0 spiro atoms. The van der Waals surface area contributed by atoms with E-state index in [0.29, 0.717) is 10.9 Å². The van der Waals surface area contributed by atoms with Gasteiger partial charge in [-0.2, -0.15) is 0 Å². The maximum Gasteiger partial charge on any atom is 0.139 e. The third-order valence-electron chi connectivity index (χ3n) is 4.41. The molecule has 23 heavy (non-hydrogen) atoms. The van der Waals surface area contributed by atoms with Crippen LogP contribution >= 0.6 is 11.6 Å². The van der Waals surface area contributed by atoms with Crippen molar-refractivity contribution in [3.05, 3.63) is 41.7 Å². The fourth-order valence-electron chi connectivity index (χ4n) is 3.31. The minimum absolute atomic E-state index is 0.369. The molecular weight excluding hydrogens is 312 g/mol. The first-order valence-corrected chi connectivity index (χ1v) is 8.09. The van der Waals surface area contributed by atoms with Crippen LogP contribution in [0.4, 0.5) is 5.82 Å². The lowest BCUT2D eigenvalue weighted by molar-refractivity contribution is 0.478. The molecule has 3 heterocycles. The van der Waals surface area contributed by atoms with Gasteiger partial charge in [-0.05, 0) is 31.0 Å². The summed E-state index contributed by atoms with van der Waals surface area (Å²) in [6.07, 6.45) is 5.60. The van der Waals surface area contributed by atoms with Gasteiger partial charge in [0.05, 0.1) is 5.52 Å². The van der Waals surface area contributed by atoms with Gasteiger partial charge in [0.1, 0.15) is 24.3 Å². The molecule has 0 amide bonds. The SMILES string of the molecule is Cn1cnnc1C1CCCN(c2ncnc3cc(Cl)ccc23)C1. The van der Waals surface area contributed by atoms with Crippen LogP contribution in [0.3, 0.4) is 0 Å². The Balaban J connectivity index is 1.69. The number of hydrogen-bond donors (Lipinski definition) is 0. The van der Waals surface area contributed by atoms with E-state index in [1.54, 1.807) is 12.7 Å². The molecule has 0 N–H and O–H groups in total. The van der Waals surface area contributed by atoms with Crippen molar-refractivity contribution < 1.29 is 0 Å². The molecule has 0 bridgehead atoms. The van der Waals surface area contributed by atoms with Crippen LogP contribution in [0.25, 0.3) is 10.9 Å². The number of piperidine rings is 1. The molecular formula is C16H17ClN6. The third-order valence-corrected chi connectivity index (χ3v) is 4.65. The normalized spacial score (nSPS) is 18.5. The van der Waals surface area contributed by atoms with Crippen molar-refractivity contribution in [1.82, 2.24) is 24.7 Å². The molecule has 1 aromatic carbocycles. The van der Waals surface area contributed by atoms with E-state index >= 15 is 0 Å². The Morgan fingerprint density at radius 2 is 2.17 bits per heavy atom. The minimum Gasteiger partial charge on any atom is -0.355 e. The maximum absolute atomic E-state index is 6.07. The summed E-state index contributed by atoms with van der Waals surface area (Å²) >= 11 is 6.07. The highest BCUT2D eigenvalue weighted by molar-refractivity contribution is 6.31. The second-order valence-corrected chi connectivity index (χ2v) is 6.38. The van der Waals surface area contributed by atoms with E-state index in [-0.39, 0.29) is 0 Å². The molecule has 0 aliphatic carbocycles. The van der Waals surface area contributed by atoms with Gasteiger partial charge in [0.15, 0.2) is 0 Å². The summed E-state index contributed by atoms with van der Waals surface area (Å²) in [4.78, 5) is 11.2. The molecule has 1 saturated heterocycles. The highest BCUT2D eigenvalue weighted by atomic mass is 35.5. The number of anilines is 1. The van der Waals surface area contributed by atoms with E-state index < -0.39 is 0 Å². The first-order chi connectivity index (χ1) is 11.2. The van der Waals surface area contributed by atoms with E-state index in [9.17, 15) is 0 Å². The Kier molecular flexibility index (Phi) is 3.61. The predicted molar refractivity (Wildman–Crippen MR) is 89.7 cm³/mol. The second kappa shape index (κ2) is 5.77. The van der Waals surface area contributed by atoms with Crippen LogP contribution in [0.1, 0.15) is 24.6 Å². The summed E-state index contributed by atoms with van der Waals surface area (Å²) < 4.78 is 2.01. The topological polar surface area (TPSA) is 59.7 Å². The standard InChI is InChI=1S/C16H17ClN6/c1-22-10-20-21-15(22)11-3-2-6-23(8-11)16-13-5-4-12(17)7-14(13)18-9-19-16/h4-5,7,9-11H,2-3,6,8H2,1H3. The highest BCUT2D eigenvalue weighted by Gasteiger charge is 2.26. The second-order valence-electron chi connectivity index (χ2n) is 5.94. The fraction of sp³-hybridized carbons (Fsp3) is 0.375. The summed E-state index contributed by atoms with van der Waals surface area (Å²) in [7, 11) is 2.00. The number of benzene rings is 1. The Morgan fingerprint density at radius 3 is 3.00 bits per heavy atom. The third kappa shape index (κ3) is 2.63. The molecule has 1 atom stereocenters. The van der Waals surface area contributed by atoms with E-state index in [4.69, 9.17) is 11.6 Å². The fourth-order valence-corrected chi connectivity index (χ4v) is 3.48. The lowest BCUT2D eigenvalue weighted by Crippen LogP contribution is -2.36. The zero-order valence-electron chi connectivity index (χ0n) is 12.9. The zero-order chi connectivity index (χ0) is 15.8. The molecule has 0 radical (unpaired) electrons. The van der Waals surface area contributed by atoms with Crippen molar-refractivity contribution in [1.29, 1.82) is 0 Å². The number of rotatable bonds is 2. The summed E-state index contributed by atoms with van der Waals surface area (Å²) in [6, 6.07) is 5.77. The van der Waals surface area contributed by atoms with Gasteiger partial charge in [0.25, 0.3) is 0 Å². The van der Waals surface area contributed by atoms with Gasteiger partial charge in [-0.3, -0.25) is 0 Å². The van der Waals surface area contributed by atoms with Crippen molar-refractivity contribution in [3.63, 3.8) is 0 Å². The van der Waals surface area contributed by atoms with Gasteiger partial charge < -0.3 is 9.47 Å². The van der Waals surface area contributed by atoms with E-state index in [1.807, 2.05) is 29.8 Å². The molecule has 118 valence electrons. The average Bonchev–Trinajstić information content (AvgIpc) is 3.00. The number of nitrogens with zero attached hydrogens (tertiary/aromatic N) is 6. The van der Waals surface area contributed by atoms with Crippen LogP contribution in [-0.2, 0) is 7.05 Å². The van der Waals surface area contributed by atoms with Crippen molar-refractivity contribution in [2.24, 2.45) is 7.05 Å². The van der Waals surface area contributed by atoms with Crippen molar-refractivity contribution in [2.75, 3.05) is 18.0 Å². The van der Waals surface area contributed by atoms with Crippen molar-refractivity contribution in [3.8, 4) is 0 Å². The molecule has 7 heteroatoms. The van der Waals surface area contributed by atoms with Crippen molar-refractivity contribution >= 4 is 28.3 Å². The molecule has 1 unspecified atom stereocenters. The lowest BCUT2D eigenvalue weighted by atomic mass is 9.97. The molecule has 6 nitrogen and oxygen atoms in total. The Labute approximate surface area is 139 Å². The zero-order valence-corrected chi connectivity index (χ0v) is 13.6. The average molecular weight is 329 g/mol. The Hall–Kier alpha value is -2.21. The van der Waals surface area contributed by atoms with Crippen LogP contribution in [0.5, 0.6) is 0 Å². The first-order valence-electron chi connectivity index (χ1n) is 7.71. The van der Waals surface area contributed by atoms with Crippen LogP contribution < -0.4 is 4.90 Å². The summed E-state index contributed by atoms with van der Waals surface area (Å²) in [6.45, 7) is 1.88. The molecule has 1 fully saturated rings. The lowest BCUT2D eigenvalue weighted by Gasteiger charge is -2.33. The van der Waals surface area contributed by atoms with E-state index in [1.165, 1.54) is 0 Å². The van der Waals surface area contributed by atoms with Crippen molar-refractivity contribution in [2.45, 2.75) is 18.8 Å². The minimum atomic E-state index is 0.369. The van der Waals surface area contributed by atoms with Crippen LogP contribution in [-0.4, -0.2) is 37.8 Å². The number of hydrogen-bond acceptors (Lipinski definition) is 5. The number of aromatic nitrogens is 5. The van der Waals surface area contributed by atoms with Gasteiger partial charge in [-0.1, -0.05) is 11.6 Å². The first kappa shape index (κ1) is 14.4. The van der Waals surface area contributed by atoms with Gasteiger partial charge in [0, 0.05) is 36.5 Å². The molecule has 2 aromatic heterocycles. The summed E-state index contributed by atoms with van der Waals surface area (Å²) in [5.74, 6) is 2.38. The monoisotopic (exact) mass is 328 g/mol. The van der Waals surface area contributed by atoms with Gasteiger partial charge in [-0.15, -0.1) is 10.2 Å². The van der Waals surface area contributed by atoms with E-state index in [2.05, 4.69) is 25.1 Å². The molecule has 4 rings (SSSR count). The number of fused-ring (bicyclic) bond motifs is 1. The largest absolute Gasteiger partial charge is 0.355 e. The smallest absolute Gasteiger partial charge is 0.139 e. The van der Waals surface area contributed by atoms with Gasteiger partial charge in [0.2, 0.25) is 0 Å². The van der Waals surface area contributed by atoms with Gasteiger partial charge in [-0.25, -0.2) is 9.97 Å². The molecule has 0 saturated carbocycles. The van der Waals surface area contributed by atoms with Crippen LogP contribution in [0.15, 0.2) is 30.9 Å². The Morgan fingerprint density at radius 1 is 1.26 bits per heavy atom. The quantitative estimate of drug-likeness (QED) is 0.724. The number of aryl methyl sites for hydroxylation is 1. The molecule has 1 aliphatic rings. The summed E-state index contributed by atoms with van der Waals surface area (Å²) in [5.41, 5.74) is 0.878. The summed E-state index contributed by atoms with van der Waals surface area (Å²) in [5, 5.41) is 10.0. The maximum atomic E-state index is 6.07. The predicted octanol–water partition coefficient (Wildman–Crippen LogP) is 2.80. The number of halogens is 1. The molecule has 3 aromatic rings. The van der Waals surface area contributed by atoms with Gasteiger partial charge >= 0.3 is 0 Å². The van der Waals surface area contributed by atoms with Crippen LogP contribution in [0, 0.1) is 0 Å². The van der Waals surface area contributed by atoms with E-state index in [0.717, 1.165) is 48.5 Å². The highest BCUT2D eigenvalue weighted by Crippen LogP contribution is 2.31. The molecule has 1 aliphatic heterocycles. The Bertz CT molecular complexity index is 845. The van der Waals surface area contributed by atoms with Crippen LogP contribution in [0.2, 0.25) is 5.02 Å².